The van der Waals surface area contributed by atoms with Crippen LogP contribution in [0.25, 0.3) is 0 Å². The molecule has 3 nitrogen and oxygen atoms in total. The van der Waals surface area contributed by atoms with E-state index in [1.807, 2.05) is 19.1 Å². The molecule has 18 heavy (non-hydrogen) atoms. The van der Waals surface area contributed by atoms with E-state index in [-0.39, 0.29) is 5.91 Å². The van der Waals surface area contributed by atoms with Crippen LogP contribution in [0.15, 0.2) is 16.6 Å². The lowest BCUT2D eigenvalue weighted by Crippen LogP contribution is -2.18. The van der Waals surface area contributed by atoms with Crippen molar-refractivity contribution in [3.05, 3.63) is 22.2 Å². The molecule has 0 saturated carbocycles. The van der Waals surface area contributed by atoms with Gasteiger partial charge in [0.25, 0.3) is 0 Å². The van der Waals surface area contributed by atoms with Crippen molar-refractivity contribution in [2.45, 2.75) is 34.1 Å². The molecule has 0 aliphatic rings. The minimum absolute atomic E-state index is 0.0143. The van der Waals surface area contributed by atoms with Gasteiger partial charge in [-0.25, -0.2) is 0 Å². The smallest absolute Gasteiger partial charge is 0.224 e. The Balaban J connectivity index is 2.76. The van der Waals surface area contributed by atoms with Crippen LogP contribution in [0.3, 0.4) is 0 Å². The van der Waals surface area contributed by atoms with E-state index in [0.717, 1.165) is 10.0 Å². The number of amides is 1. The van der Waals surface area contributed by atoms with Gasteiger partial charge in [0, 0.05) is 10.9 Å². The number of carbonyl (C=O) groups is 1. The molecule has 100 valence electrons. The molecule has 1 amide bonds. The first-order chi connectivity index (χ1) is 8.31. The largest absolute Gasteiger partial charge is 0.397 e. The van der Waals surface area contributed by atoms with Crippen molar-refractivity contribution < 1.29 is 4.79 Å². The highest BCUT2D eigenvalue weighted by atomic mass is 79.9. The third-order valence-corrected chi connectivity index (χ3v) is 3.73. The number of benzene rings is 1. The first kappa shape index (κ1) is 15.0. The van der Waals surface area contributed by atoms with Gasteiger partial charge >= 0.3 is 0 Å². The molecule has 0 radical (unpaired) electrons. The summed E-state index contributed by atoms with van der Waals surface area (Å²) in [4.78, 5) is 11.9. The monoisotopic (exact) mass is 312 g/mol. The average molecular weight is 313 g/mol. The number of carbonyl (C=O) groups excluding carboxylic acids is 1. The Hall–Kier alpha value is -1.03. The van der Waals surface area contributed by atoms with Gasteiger partial charge in [0.15, 0.2) is 0 Å². The van der Waals surface area contributed by atoms with E-state index in [9.17, 15) is 4.79 Å². The molecule has 0 aliphatic heterocycles. The lowest BCUT2D eigenvalue weighted by Gasteiger charge is -2.16. The zero-order valence-corrected chi connectivity index (χ0v) is 13.0. The van der Waals surface area contributed by atoms with Crippen molar-refractivity contribution in [1.82, 2.24) is 0 Å². The lowest BCUT2D eigenvalue weighted by atomic mass is 9.94. The molecule has 1 unspecified atom stereocenters. The Morgan fingerprint density at radius 1 is 1.39 bits per heavy atom. The van der Waals surface area contributed by atoms with Gasteiger partial charge in [0.2, 0.25) is 5.91 Å². The summed E-state index contributed by atoms with van der Waals surface area (Å²) < 4.78 is 0.918. The van der Waals surface area contributed by atoms with Crippen LogP contribution >= 0.6 is 15.9 Å². The highest BCUT2D eigenvalue weighted by Crippen LogP contribution is 2.28. The van der Waals surface area contributed by atoms with E-state index in [1.54, 1.807) is 0 Å². The number of hydrogen-bond acceptors (Lipinski definition) is 2. The summed E-state index contributed by atoms with van der Waals surface area (Å²) in [6.45, 7) is 8.25. The second kappa shape index (κ2) is 6.23. The second-order valence-corrected chi connectivity index (χ2v) is 6.07. The number of rotatable bonds is 4. The summed E-state index contributed by atoms with van der Waals surface area (Å²) in [6, 6.07) is 3.77. The number of hydrogen-bond donors (Lipinski definition) is 2. The molecule has 0 saturated heterocycles. The van der Waals surface area contributed by atoms with Crippen LogP contribution in [0.1, 0.15) is 32.8 Å². The molecule has 1 atom stereocenters. The predicted molar refractivity (Wildman–Crippen MR) is 80.5 cm³/mol. The molecule has 0 fully saturated rings. The number of nitrogens with one attached hydrogen (secondary N) is 1. The van der Waals surface area contributed by atoms with Crippen molar-refractivity contribution in [1.29, 1.82) is 0 Å². The zero-order chi connectivity index (χ0) is 13.9. The minimum atomic E-state index is 0.0143. The maximum absolute atomic E-state index is 11.9. The third-order valence-electron chi connectivity index (χ3n) is 3.27. The molecule has 0 aliphatic carbocycles. The molecule has 0 aromatic heterocycles. The Morgan fingerprint density at radius 2 is 2.00 bits per heavy atom. The molecule has 1 aromatic rings. The van der Waals surface area contributed by atoms with E-state index < -0.39 is 0 Å². The number of halogens is 1. The fourth-order valence-electron chi connectivity index (χ4n) is 1.59. The van der Waals surface area contributed by atoms with Crippen LogP contribution in [-0.2, 0) is 4.79 Å². The molecule has 0 spiro atoms. The SMILES string of the molecule is Cc1cc(Br)cc(NC(=O)CC(C)C(C)C)c1N. The summed E-state index contributed by atoms with van der Waals surface area (Å²) in [5.41, 5.74) is 8.22. The molecule has 0 bridgehead atoms. The van der Waals surface area contributed by atoms with Crippen LogP contribution in [0.4, 0.5) is 11.4 Å². The van der Waals surface area contributed by atoms with Crippen molar-refractivity contribution in [2.75, 3.05) is 11.1 Å². The molecule has 3 N–H and O–H groups in total. The van der Waals surface area contributed by atoms with Gasteiger partial charge in [-0.15, -0.1) is 0 Å². The van der Waals surface area contributed by atoms with Gasteiger partial charge in [-0.2, -0.15) is 0 Å². The molecular weight excluding hydrogens is 292 g/mol. The van der Waals surface area contributed by atoms with Crippen molar-refractivity contribution >= 4 is 33.2 Å². The highest BCUT2D eigenvalue weighted by Gasteiger charge is 2.14. The standard InChI is InChI=1S/C14H21BrN2O/c1-8(2)9(3)6-13(18)17-12-7-11(15)5-10(4)14(12)16/h5,7-9H,6,16H2,1-4H3,(H,17,18). The molecule has 1 aromatic carbocycles. The minimum Gasteiger partial charge on any atom is -0.397 e. The van der Waals surface area contributed by atoms with Crippen LogP contribution in [0, 0.1) is 18.8 Å². The number of aryl methyl sites for hydroxylation is 1. The first-order valence-electron chi connectivity index (χ1n) is 6.16. The average Bonchev–Trinajstić information content (AvgIpc) is 2.24. The highest BCUT2D eigenvalue weighted by molar-refractivity contribution is 9.10. The first-order valence-corrected chi connectivity index (χ1v) is 6.96. The number of nitrogens with two attached hydrogens (primary N) is 1. The van der Waals surface area contributed by atoms with Crippen molar-refractivity contribution in [3.8, 4) is 0 Å². The summed E-state index contributed by atoms with van der Waals surface area (Å²) in [6.07, 6.45) is 0.517. The van der Waals surface area contributed by atoms with Crippen LogP contribution in [-0.4, -0.2) is 5.91 Å². The van der Waals surface area contributed by atoms with E-state index >= 15 is 0 Å². The van der Waals surface area contributed by atoms with Crippen molar-refractivity contribution in [3.63, 3.8) is 0 Å². The summed E-state index contributed by atoms with van der Waals surface area (Å²) in [5.74, 6) is 0.872. The van der Waals surface area contributed by atoms with Gasteiger partial charge in [0.05, 0.1) is 11.4 Å². The van der Waals surface area contributed by atoms with Gasteiger partial charge in [-0.05, 0) is 36.5 Å². The maximum atomic E-state index is 11.9. The molecular formula is C14H21BrN2O. The van der Waals surface area contributed by atoms with Crippen LogP contribution < -0.4 is 11.1 Å². The fraction of sp³-hybridized carbons (Fsp3) is 0.500. The van der Waals surface area contributed by atoms with Crippen LogP contribution in [0.2, 0.25) is 0 Å². The topological polar surface area (TPSA) is 55.1 Å². The maximum Gasteiger partial charge on any atom is 0.224 e. The van der Waals surface area contributed by atoms with Gasteiger partial charge in [-0.1, -0.05) is 36.7 Å². The van der Waals surface area contributed by atoms with Crippen molar-refractivity contribution in [2.24, 2.45) is 11.8 Å². The van der Waals surface area contributed by atoms with E-state index in [4.69, 9.17) is 5.73 Å². The Morgan fingerprint density at radius 3 is 2.56 bits per heavy atom. The Labute approximate surface area is 117 Å². The van der Waals surface area contributed by atoms with Gasteiger partial charge in [0.1, 0.15) is 0 Å². The van der Waals surface area contributed by atoms with Gasteiger partial charge in [-0.3, -0.25) is 4.79 Å². The third kappa shape index (κ3) is 4.02. The Bertz CT molecular complexity index is 444. The predicted octanol–water partition coefficient (Wildman–Crippen LogP) is 3.96. The lowest BCUT2D eigenvalue weighted by molar-refractivity contribution is -0.117. The Kier molecular flexibility index (Phi) is 5.20. The molecule has 0 heterocycles. The summed E-state index contributed by atoms with van der Waals surface area (Å²) in [5, 5.41) is 2.88. The number of nitrogen functional groups attached to an aromatic ring is 1. The number of anilines is 2. The zero-order valence-electron chi connectivity index (χ0n) is 11.4. The summed E-state index contributed by atoms with van der Waals surface area (Å²) in [7, 11) is 0. The van der Waals surface area contributed by atoms with E-state index in [2.05, 4.69) is 42.0 Å². The molecule has 4 heteroatoms. The summed E-state index contributed by atoms with van der Waals surface area (Å²) >= 11 is 3.40. The van der Waals surface area contributed by atoms with E-state index in [1.165, 1.54) is 0 Å². The fourth-order valence-corrected chi connectivity index (χ4v) is 2.16. The van der Waals surface area contributed by atoms with E-state index in [0.29, 0.717) is 29.6 Å². The van der Waals surface area contributed by atoms with Crippen LogP contribution in [0.5, 0.6) is 0 Å². The molecule has 1 rings (SSSR count). The quantitative estimate of drug-likeness (QED) is 0.827. The second-order valence-electron chi connectivity index (χ2n) is 5.16. The normalized spacial score (nSPS) is 12.6. The van der Waals surface area contributed by atoms with Gasteiger partial charge < -0.3 is 11.1 Å².